The molecule has 0 aliphatic heterocycles. The van der Waals surface area contributed by atoms with Gasteiger partial charge in [0.05, 0.1) is 23.9 Å². The van der Waals surface area contributed by atoms with E-state index in [1.807, 2.05) is 51.1 Å². The molecule has 5 nitrogen and oxygen atoms in total. The van der Waals surface area contributed by atoms with Gasteiger partial charge in [0.15, 0.2) is 0 Å². The second-order valence-electron chi connectivity index (χ2n) is 7.60. The molecule has 2 N–H and O–H groups in total. The van der Waals surface area contributed by atoms with Crippen LogP contribution in [0, 0.1) is 0 Å². The number of amides is 2. The lowest BCUT2D eigenvalue weighted by molar-refractivity contribution is 0.0920. The van der Waals surface area contributed by atoms with Gasteiger partial charge in [-0.3, -0.25) is 9.59 Å². The van der Waals surface area contributed by atoms with Crippen LogP contribution in [-0.2, 0) is 0 Å². The molecule has 0 bridgehead atoms. The van der Waals surface area contributed by atoms with Crippen molar-refractivity contribution in [3.8, 4) is 5.75 Å². The Bertz CT molecular complexity index is 1040. The lowest BCUT2D eigenvalue weighted by atomic mass is 10.0. The first-order valence-electron chi connectivity index (χ1n) is 9.08. The van der Waals surface area contributed by atoms with Crippen molar-refractivity contribution >= 4 is 28.3 Å². The molecule has 0 heterocycles. The van der Waals surface area contributed by atoms with Crippen LogP contribution in [0.25, 0.3) is 10.8 Å². The molecule has 2 amide bonds. The standard InChI is InChI=1S/C23H24N2O3/c1-23(2,3)25-22(27)17-11-7-8-12-19(17)24-21(26)18-13-15-9-5-6-10-16(15)14-20(18)28-4/h5-14H,1-4H3,(H,24,26)(H,25,27). The second kappa shape index (κ2) is 7.72. The molecule has 0 saturated heterocycles. The topological polar surface area (TPSA) is 67.4 Å². The highest BCUT2D eigenvalue weighted by molar-refractivity contribution is 6.11. The number of nitrogens with one attached hydrogen (secondary N) is 2. The molecule has 0 aromatic heterocycles. The zero-order chi connectivity index (χ0) is 20.3. The van der Waals surface area contributed by atoms with E-state index in [9.17, 15) is 9.59 Å². The van der Waals surface area contributed by atoms with Gasteiger partial charge < -0.3 is 15.4 Å². The number of carbonyl (C=O) groups is 2. The minimum Gasteiger partial charge on any atom is -0.496 e. The highest BCUT2D eigenvalue weighted by Gasteiger charge is 2.20. The van der Waals surface area contributed by atoms with Crippen LogP contribution in [0.15, 0.2) is 60.7 Å². The van der Waals surface area contributed by atoms with E-state index >= 15 is 0 Å². The SMILES string of the molecule is COc1cc2ccccc2cc1C(=O)Nc1ccccc1C(=O)NC(C)(C)C. The largest absolute Gasteiger partial charge is 0.496 e. The van der Waals surface area contributed by atoms with Crippen molar-refractivity contribution in [2.45, 2.75) is 26.3 Å². The third kappa shape index (κ3) is 4.31. The van der Waals surface area contributed by atoms with Gasteiger partial charge in [0.2, 0.25) is 0 Å². The summed E-state index contributed by atoms with van der Waals surface area (Å²) in [5.41, 5.74) is 0.887. The first kappa shape index (κ1) is 19.4. The summed E-state index contributed by atoms with van der Waals surface area (Å²) in [5, 5.41) is 7.70. The normalized spacial score (nSPS) is 11.1. The van der Waals surface area contributed by atoms with Crippen molar-refractivity contribution in [2.24, 2.45) is 0 Å². The van der Waals surface area contributed by atoms with Crippen molar-refractivity contribution in [1.82, 2.24) is 5.32 Å². The van der Waals surface area contributed by atoms with Crippen LogP contribution in [0.2, 0.25) is 0 Å². The second-order valence-corrected chi connectivity index (χ2v) is 7.60. The summed E-state index contributed by atoms with van der Waals surface area (Å²) in [6.45, 7) is 5.73. The highest BCUT2D eigenvalue weighted by Crippen LogP contribution is 2.27. The number of benzene rings is 3. The van der Waals surface area contributed by atoms with Gasteiger partial charge in [-0.1, -0.05) is 36.4 Å². The monoisotopic (exact) mass is 376 g/mol. The van der Waals surface area contributed by atoms with E-state index in [-0.39, 0.29) is 17.4 Å². The number of ether oxygens (including phenoxy) is 1. The third-order valence-corrected chi connectivity index (χ3v) is 4.22. The van der Waals surface area contributed by atoms with Crippen LogP contribution < -0.4 is 15.4 Å². The minimum atomic E-state index is -0.379. The summed E-state index contributed by atoms with van der Waals surface area (Å²) in [6, 6.07) is 18.3. The fraction of sp³-hybridized carbons (Fsp3) is 0.217. The minimum absolute atomic E-state index is 0.242. The van der Waals surface area contributed by atoms with E-state index in [4.69, 9.17) is 4.74 Å². The number of hydrogen-bond acceptors (Lipinski definition) is 3. The summed E-state index contributed by atoms with van der Waals surface area (Å²) in [6.07, 6.45) is 0. The van der Waals surface area contributed by atoms with Gasteiger partial charge in [-0.25, -0.2) is 0 Å². The van der Waals surface area contributed by atoms with Gasteiger partial charge in [0, 0.05) is 5.54 Å². The number of para-hydroxylation sites is 1. The highest BCUT2D eigenvalue weighted by atomic mass is 16.5. The summed E-state index contributed by atoms with van der Waals surface area (Å²) in [5.74, 6) is -0.0969. The van der Waals surface area contributed by atoms with E-state index in [1.165, 1.54) is 7.11 Å². The zero-order valence-electron chi connectivity index (χ0n) is 16.5. The van der Waals surface area contributed by atoms with Crippen molar-refractivity contribution in [3.63, 3.8) is 0 Å². The van der Waals surface area contributed by atoms with Gasteiger partial charge in [-0.15, -0.1) is 0 Å². The number of methoxy groups -OCH3 is 1. The van der Waals surface area contributed by atoms with Gasteiger partial charge in [0.1, 0.15) is 5.75 Å². The van der Waals surface area contributed by atoms with Gasteiger partial charge in [-0.05, 0) is 55.8 Å². The van der Waals surface area contributed by atoms with Crippen molar-refractivity contribution in [1.29, 1.82) is 0 Å². The van der Waals surface area contributed by atoms with E-state index < -0.39 is 0 Å². The molecule has 0 unspecified atom stereocenters. The van der Waals surface area contributed by atoms with Gasteiger partial charge in [-0.2, -0.15) is 0 Å². The number of anilines is 1. The fourth-order valence-corrected chi connectivity index (χ4v) is 2.95. The predicted molar refractivity (Wildman–Crippen MR) is 112 cm³/mol. The third-order valence-electron chi connectivity index (χ3n) is 4.22. The maximum atomic E-state index is 13.0. The summed E-state index contributed by atoms with van der Waals surface area (Å²) in [7, 11) is 1.53. The Hall–Kier alpha value is -3.34. The van der Waals surface area contributed by atoms with Crippen molar-refractivity contribution in [2.75, 3.05) is 12.4 Å². The Morgan fingerprint density at radius 1 is 0.821 bits per heavy atom. The molecule has 0 fully saturated rings. The molecule has 28 heavy (non-hydrogen) atoms. The number of hydrogen-bond donors (Lipinski definition) is 2. The molecule has 0 saturated carbocycles. The van der Waals surface area contributed by atoms with E-state index in [0.717, 1.165) is 10.8 Å². The molecule has 0 atom stereocenters. The van der Waals surface area contributed by atoms with E-state index in [2.05, 4.69) is 10.6 Å². The fourth-order valence-electron chi connectivity index (χ4n) is 2.95. The molecular weight excluding hydrogens is 352 g/mol. The lowest BCUT2D eigenvalue weighted by Gasteiger charge is -2.21. The molecule has 3 aromatic carbocycles. The quantitative estimate of drug-likeness (QED) is 0.698. The first-order chi connectivity index (χ1) is 13.3. The number of fused-ring (bicyclic) bond motifs is 1. The van der Waals surface area contributed by atoms with E-state index in [0.29, 0.717) is 22.6 Å². The average Bonchev–Trinajstić information content (AvgIpc) is 2.65. The van der Waals surface area contributed by atoms with Crippen LogP contribution in [-0.4, -0.2) is 24.5 Å². The van der Waals surface area contributed by atoms with Crippen LogP contribution in [0.5, 0.6) is 5.75 Å². The molecular formula is C23H24N2O3. The summed E-state index contributed by atoms with van der Waals surface area (Å²) < 4.78 is 5.42. The molecule has 0 aliphatic carbocycles. The van der Waals surface area contributed by atoms with Crippen LogP contribution in [0.4, 0.5) is 5.69 Å². The first-order valence-corrected chi connectivity index (χ1v) is 9.08. The Kier molecular flexibility index (Phi) is 5.36. The summed E-state index contributed by atoms with van der Waals surface area (Å²) >= 11 is 0. The van der Waals surface area contributed by atoms with Gasteiger partial charge >= 0.3 is 0 Å². The Labute approximate surface area is 164 Å². The predicted octanol–water partition coefficient (Wildman–Crippen LogP) is 4.63. The lowest BCUT2D eigenvalue weighted by Crippen LogP contribution is -2.40. The molecule has 5 heteroatoms. The Morgan fingerprint density at radius 3 is 2.07 bits per heavy atom. The van der Waals surface area contributed by atoms with E-state index in [1.54, 1.807) is 30.3 Å². The molecule has 3 aromatic rings. The zero-order valence-corrected chi connectivity index (χ0v) is 16.5. The smallest absolute Gasteiger partial charge is 0.259 e. The van der Waals surface area contributed by atoms with Crippen molar-refractivity contribution in [3.05, 3.63) is 71.8 Å². The maximum Gasteiger partial charge on any atom is 0.259 e. The van der Waals surface area contributed by atoms with Crippen LogP contribution in [0.3, 0.4) is 0 Å². The summed E-state index contributed by atoms with van der Waals surface area (Å²) in [4.78, 5) is 25.6. The molecule has 0 spiro atoms. The average molecular weight is 376 g/mol. The molecule has 0 radical (unpaired) electrons. The van der Waals surface area contributed by atoms with Crippen LogP contribution >= 0.6 is 0 Å². The number of carbonyl (C=O) groups excluding carboxylic acids is 2. The molecule has 3 rings (SSSR count). The van der Waals surface area contributed by atoms with Crippen LogP contribution in [0.1, 0.15) is 41.5 Å². The number of rotatable bonds is 4. The maximum absolute atomic E-state index is 13.0. The Morgan fingerprint density at radius 2 is 1.43 bits per heavy atom. The van der Waals surface area contributed by atoms with Crippen molar-refractivity contribution < 1.29 is 14.3 Å². The molecule has 0 aliphatic rings. The molecule has 144 valence electrons. The van der Waals surface area contributed by atoms with Gasteiger partial charge in [0.25, 0.3) is 11.8 Å². The Balaban J connectivity index is 1.94.